The molecule has 1 amide bonds. The molecule has 3 aromatic heterocycles. The molecule has 4 heterocycles. The zero-order valence-electron chi connectivity index (χ0n) is 17.7. The van der Waals surface area contributed by atoms with Gasteiger partial charge in [0.05, 0.1) is 22.8 Å². The van der Waals surface area contributed by atoms with Crippen LogP contribution in [0.3, 0.4) is 0 Å². The molecule has 0 spiro atoms. The Morgan fingerprint density at radius 2 is 2.13 bits per heavy atom. The number of carbonyl (C=O) groups is 2. The fourth-order valence-corrected chi connectivity index (χ4v) is 5.11. The first-order valence-corrected chi connectivity index (χ1v) is 11.7. The van der Waals surface area contributed by atoms with Crippen molar-refractivity contribution in [2.45, 2.75) is 52.6 Å². The lowest BCUT2D eigenvalue weighted by Crippen LogP contribution is -2.36. The number of rotatable bonds is 7. The van der Waals surface area contributed by atoms with E-state index in [1.165, 1.54) is 16.9 Å². The standard InChI is InChI=1S/C23H26ClN3O3S/c1-23(2,22(29)30)9-3-6-19(28)26-11-7-16-17-5-4-10-25-21(17)27(18(16)14-26)13-15-8-12-31-20(15)24/h4-5,8,10,12H,3,6-7,9,11,13-14H2,1-2H3,(H,29,30). The largest absolute Gasteiger partial charge is 0.481 e. The topological polar surface area (TPSA) is 75.4 Å². The van der Waals surface area contributed by atoms with Crippen LogP contribution in [0.5, 0.6) is 0 Å². The molecule has 1 N–H and O–H groups in total. The van der Waals surface area contributed by atoms with Gasteiger partial charge in [-0.05, 0) is 62.3 Å². The number of pyridine rings is 1. The highest BCUT2D eigenvalue weighted by molar-refractivity contribution is 7.14. The van der Waals surface area contributed by atoms with E-state index in [1.54, 1.807) is 20.0 Å². The molecule has 8 heteroatoms. The number of hydrogen-bond acceptors (Lipinski definition) is 4. The minimum Gasteiger partial charge on any atom is -0.481 e. The third-order valence-electron chi connectivity index (χ3n) is 6.16. The Kier molecular flexibility index (Phi) is 6.08. The Morgan fingerprint density at radius 1 is 1.32 bits per heavy atom. The van der Waals surface area contributed by atoms with E-state index in [0.717, 1.165) is 33.0 Å². The number of aromatic nitrogens is 2. The number of fused-ring (bicyclic) bond motifs is 3. The molecule has 0 saturated heterocycles. The van der Waals surface area contributed by atoms with Crippen molar-refractivity contribution in [1.82, 2.24) is 14.5 Å². The van der Waals surface area contributed by atoms with Crippen molar-refractivity contribution in [3.63, 3.8) is 0 Å². The number of thiophene rings is 1. The second-order valence-corrected chi connectivity index (χ2v) is 10.2. The summed E-state index contributed by atoms with van der Waals surface area (Å²) in [6, 6.07) is 6.08. The minimum atomic E-state index is -0.827. The average Bonchev–Trinajstić information content (AvgIpc) is 3.29. The molecule has 0 radical (unpaired) electrons. The molecule has 1 aliphatic heterocycles. The normalized spacial score (nSPS) is 14.1. The Hall–Kier alpha value is -2.38. The van der Waals surface area contributed by atoms with Crippen molar-refractivity contribution in [2.24, 2.45) is 5.41 Å². The maximum Gasteiger partial charge on any atom is 0.309 e. The number of halogens is 1. The van der Waals surface area contributed by atoms with Gasteiger partial charge in [-0.15, -0.1) is 11.3 Å². The third-order valence-corrected chi connectivity index (χ3v) is 7.41. The summed E-state index contributed by atoms with van der Waals surface area (Å²) in [4.78, 5) is 30.7. The first kappa shape index (κ1) is 21.8. The van der Waals surface area contributed by atoms with Crippen LogP contribution in [-0.2, 0) is 29.1 Å². The van der Waals surface area contributed by atoms with Gasteiger partial charge in [0.2, 0.25) is 5.91 Å². The minimum absolute atomic E-state index is 0.0742. The molecule has 0 aromatic carbocycles. The van der Waals surface area contributed by atoms with E-state index in [4.69, 9.17) is 11.6 Å². The zero-order valence-corrected chi connectivity index (χ0v) is 19.3. The number of hydrogen-bond donors (Lipinski definition) is 1. The molecule has 3 aromatic rings. The van der Waals surface area contributed by atoms with Gasteiger partial charge in [-0.3, -0.25) is 9.59 Å². The number of carbonyl (C=O) groups excluding carboxylic acids is 1. The number of amides is 1. The van der Waals surface area contributed by atoms with Gasteiger partial charge in [0.25, 0.3) is 0 Å². The summed E-state index contributed by atoms with van der Waals surface area (Å²) in [6.45, 7) is 5.23. The second-order valence-electron chi connectivity index (χ2n) is 8.71. The van der Waals surface area contributed by atoms with Crippen molar-refractivity contribution in [3.05, 3.63) is 50.9 Å². The highest BCUT2D eigenvalue weighted by Crippen LogP contribution is 2.33. The molecular formula is C23H26ClN3O3S. The molecule has 0 bridgehead atoms. The molecule has 1 aliphatic rings. The van der Waals surface area contributed by atoms with Crippen molar-refractivity contribution in [3.8, 4) is 0 Å². The monoisotopic (exact) mass is 459 g/mol. The van der Waals surface area contributed by atoms with E-state index in [-0.39, 0.29) is 5.91 Å². The van der Waals surface area contributed by atoms with Crippen molar-refractivity contribution >= 4 is 45.8 Å². The Balaban J connectivity index is 1.55. The predicted octanol–water partition coefficient (Wildman–Crippen LogP) is 4.97. The van der Waals surface area contributed by atoms with Crippen LogP contribution in [0, 0.1) is 5.41 Å². The molecule has 0 fully saturated rings. The lowest BCUT2D eigenvalue weighted by molar-refractivity contribution is -0.147. The van der Waals surface area contributed by atoms with E-state index in [0.29, 0.717) is 38.9 Å². The van der Waals surface area contributed by atoms with Gasteiger partial charge in [0.1, 0.15) is 5.65 Å². The fraction of sp³-hybridized carbons (Fsp3) is 0.435. The van der Waals surface area contributed by atoms with E-state index < -0.39 is 11.4 Å². The van der Waals surface area contributed by atoms with Crippen molar-refractivity contribution < 1.29 is 14.7 Å². The first-order valence-electron chi connectivity index (χ1n) is 10.5. The van der Waals surface area contributed by atoms with Gasteiger partial charge in [0, 0.05) is 35.8 Å². The van der Waals surface area contributed by atoms with Crippen LogP contribution in [0.2, 0.25) is 4.34 Å². The summed E-state index contributed by atoms with van der Waals surface area (Å²) in [5, 5.41) is 12.4. The van der Waals surface area contributed by atoms with Crippen LogP contribution in [0.1, 0.15) is 49.9 Å². The maximum absolute atomic E-state index is 12.9. The molecule has 0 saturated carbocycles. The van der Waals surface area contributed by atoms with Crippen LogP contribution in [-0.4, -0.2) is 38.0 Å². The van der Waals surface area contributed by atoms with Gasteiger partial charge in [-0.2, -0.15) is 0 Å². The molecule has 31 heavy (non-hydrogen) atoms. The van der Waals surface area contributed by atoms with Crippen molar-refractivity contribution in [1.29, 1.82) is 0 Å². The molecule has 164 valence electrons. The number of aliphatic carboxylic acids is 1. The Bertz CT molecular complexity index is 1130. The number of carboxylic acid groups (broad SMARTS) is 1. The van der Waals surface area contributed by atoms with Crippen molar-refractivity contribution in [2.75, 3.05) is 6.54 Å². The molecule has 0 unspecified atom stereocenters. The molecular weight excluding hydrogens is 434 g/mol. The van der Waals surface area contributed by atoms with E-state index >= 15 is 0 Å². The number of nitrogens with zero attached hydrogens (tertiary/aromatic N) is 3. The van der Waals surface area contributed by atoms with Crippen LogP contribution in [0.25, 0.3) is 11.0 Å². The molecule has 4 rings (SSSR count). The molecule has 0 aliphatic carbocycles. The van der Waals surface area contributed by atoms with Crippen LogP contribution >= 0.6 is 22.9 Å². The average molecular weight is 460 g/mol. The predicted molar refractivity (Wildman–Crippen MR) is 123 cm³/mol. The summed E-state index contributed by atoms with van der Waals surface area (Å²) < 4.78 is 2.96. The fourth-order valence-electron chi connectivity index (χ4n) is 4.19. The van der Waals surface area contributed by atoms with E-state index in [9.17, 15) is 14.7 Å². The van der Waals surface area contributed by atoms with E-state index in [1.807, 2.05) is 22.4 Å². The summed E-state index contributed by atoms with van der Waals surface area (Å²) in [7, 11) is 0. The van der Waals surface area contributed by atoms with Crippen LogP contribution in [0.15, 0.2) is 29.8 Å². The smallest absolute Gasteiger partial charge is 0.309 e. The SMILES string of the molecule is CC(C)(CCCC(=O)N1CCc2c(n(Cc3ccsc3Cl)c3ncccc23)C1)C(=O)O. The summed E-state index contributed by atoms with van der Waals surface area (Å²) in [6.07, 6.45) is 3.99. The Morgan fingerprint density at radius 3 is 2.84 bits per heavy atom. The lowest BCUT2D eigenvalue weighted by Gasteiger charge is -2.29. The van der Waals surface area contributed by atoms with Crippen LogP contribution in [0.4, 0.5) is 0 Å². The summed E-state index contributed by atoms with van der Waals surface area (Å²) >= 11 is 7.88. The second kappa shape index (κ2) is 8.63. The van der Waals surface area contributed by atoms with Crippen LogP contribution < -0.4 is 0 Å². The highest BCUT2D eigenvalue weighted by atomic mass is 35.5. The van der Waals surface area contributed by atoms with Gasteiger partial charge in [-0.25, -0.2) is 4.98 Å². The molecule has 0 atom stereocenters. The third kappa shape index (κ3) is 4.34. The molecule has 6 nitrogen and oxygen atoms in total. The highest BCUT2D eigenvalue weighted by Gasteiger charge is 2.29. The van der Waals surface area contributed by atoms with Gasteiger partial charge in [-0.1, -0.05) is 11.6 Å². The van der Waals surface area contributed by atoms with Gasteiger partial charge in [0.15, 0.2) is 0 Å². The first-order chi connectivity index (χ1) is 14.8. The van der Waals surface area contributed by atoms with Gasteiger partial charge < -0.3 is 14.6 Å². The quantitative estimate of drug-likeness (QED) is 0.541. The van der Waals surface area contributed by atoms with Gasteiger partial charge >= 0.3 is 5.97 Å². The van der Waals surface area contributed by atoms with E-state index in [2.05, 4.69) is 15.6 Å². The Labute approximate surface area is 190 Å². The lowest BCUT2D eigenvalue weighted by atomic mass is 9.87. The zero-order chi connectivity index (χ0) is 22.2. The summed E-state index contributed by atoms with van der Waals surface area (Å²) in [5.41, 5.74) is 3.53. The maximum atomic E-state index is 12.9. The number of carboxylic acids is 1. The summed E-state index contributed by atoms with van der Waals surface area (Å²) in [5.74, 6) is -0.753.